The average molecular weight is 250 g/mol. The lowest BCUT2D eigenvalue weighted by Gasteiger charge is -2.12. The molecule has 0 aromatic carbocycles. The Bertz CT molecular complexity index is 489. The molecule has 18 heavy (non-hydrogen) atoms. The van der Waals surface area contributed by atoms with Gasteiger partial charge in [0.05, 0.1) is 0 Å². The van der Waals surface area contributed by atoms with Crippen LogP contribution in [0.4, 0.5) is 0 Å². The maximum absolute atomic E-state index is 11.8. The molecule has 100 valence electrons. The first-order chi connectivity index (χ1) is 8.59. The van der Waals surface area contributed by atoms with Crippen molar-refractivity contribution < 1.29 is 4.79 Å². The first-order valence-corrected chi connectivity index (χ1v) is 6.56. The fourth-order valence-electron chi connectivity index (χ4n) is 2.28. The molecule has 0 saturated heterocycles. The number of hydrogen-bond donors (Lipinski definition) is 1. The number of carbonyl (C=O) groups excluding carboxylic acids is 1. The molecule has 4 heteroatoms. The molecule has 0 spiro atoms. The minimum Gasteiger partial charge on any atom is -0.352 e. The highest BCUT2D eigenvalue weighted by molar-refractivity contribution is 5.72. The Morgan fingerprint density at radius 1 is 1.44 bits per heavy atom. The molecular formula is C14H22N2O2. The highest BCUT2D eigenvalue weighted by atomic mass is 16.1. The molecule has 1 amide bonds. The molecule has 1 aliphatic heterocycles. The van der Waals surface area contributed by atoms with Crippen molar-refractivity contribution in [3.05, 3.63) is 33.2 Å². The van der Waals surface area contributed by atoms with E-state index in [9.17, 15) is 9.59 Å². The van der Waals surface area contributed by atoms with E-state index in [0.29, 0.717) is 6.54 Å². The van der Waals surface area contributed by atoms with E-state index in [4.69, 9.17) is 0 Å². The Labute approximate surface area is 108 Å². The monoisotopic (exact) mass is 250 g/mol. The van der Waals surface area contributed by atoms with E-state index in [0.717, 1.165) is 36.3 Å². The zero-order chi connectivity index (χ0) is 13.7. The standard InChI is InChI=1S/C12H16N2O2.C2H6/c1-8-6-12(16)10(7-13-9(2)15)11-4-3-5-14(8)11;1-2/h6H,3-5,7H2,1-2H3,(H,13,15);1-2H3. The molecule has 1 aromatic rings. The van der Waals surface area contributed by atoms with Gasteiger partial charge in [-0.15, -0.1) is 0 Å². The van der Waals surface area contributed by atoms with Crippen LogP contribution < -0.4 is 10.7 Å². The molecule has 4 nitrogen and oxygen atoms in total. The summed E-state index contributed by atoms with van der Waals surface area (Å²) in [4.78, 5) is 22.7. The molecule has 1 aliphatic rings. The molecule has 0 atom stereocenters. The van der Waals surface area contributed by atoms with Crippen molar-refractivity contribution in [1.29, 1.82) is 0 Å². The van der Waals surface area contributed by atoms with Gasteiger partial charge in [-0.2, -0.15) is 0 Å². The molecule has 1 N–H and O–H groups in total. The minimum absolute atomic E-state index is 0.0411. The number of carbonyl (C=O) groups is 1. The summed E-state index contributed by atoms with van der Waals surface area (Å²) in [5.41, 5.74) is 2.90. The number of rotatable bonds is 2. The van der Waals surface area contributed by atoms with E-state index in [2.05, 4.69) is 9.88 Å². The molecule has 0 unspecified atom stereocenters. The number of fused-ring (bicyclic) bond motifs is 1. The lowest BCUT2D eigenvalue weighted by molar-refractivity contribution is -0.119. The summed E-state index contributed by atoms with van der Waals surface area (Å²) in [6, 6.07) is 1.66. The van der Waals surface area contributed by atoms with Crippen LogP contribution in [-0.4, -0.2) is 10.5 Å². The van der Waals surface area contributed by atoms with Gasteiger partial charge in [0.25, 0.3) is 0 Å². The summed E-state index contributed by atoms with van der Waals surface area (Å²) in [5.74, 6) is -0.100. The van der Waals surface area contributed by atoms with Crippen LogP contribution in [0.3, 0.4) is 0 Å². The van der Waals surface area contributed by atoms with Gasteiger partial charge in [0.15, 0.2) is 5.43 Å². The fourth-order valence-corrected chi connectivity index (χ4v) is 2.28. The third-order valence-corrected chi connectivity index (χ3v) is 3.05. The predicted octanol–water partition coefficient (Wildman–Crippen LogP) is 1.77. The Morgan fingerprint density at radius 2 is 2.11 bits per heavy atom. The van der Waals surface area contributed by atoms with Crippen LogP contribution in [0.2, 0.25) is 0 Å². The van der Waals surface area contributed by atoms with E-state index in [-0.39, 0.29) is 11.3 Å². The van der Waals surface area contributed by atoms with Gasteiger partial charge in [-0.1, -0.05) is 13.8 Å². The number of nitrogens with one attached hydrogen (secondary N) is 1. The number of amides is 1. The maximum Gasteiger partial charge on any atom is 0.217 e. The van der Waals surface area contributed by atoms with Crippen LogP contribution in [0.1, 0.15) is 44.1 Å². The second-order valence-corrected chi connectivity index (χ2v) is 4.24. The topological polar surface area (TPSA) is 51.1 Å². The first kappa shape index (κ1) is 14.5. The van der Waals surface area contributed by atoms with Crippen LogP contribution in [0.5, 0.6) is 0 Å². The lowest BCUT2D eigenvalue weighted by atomic mass is 10.1. The molecule has 2 heterocycles. The summed E-state index contributed by atoms with van der Waals surface area (Å²) < 4.78 is 2.18. The molecule has 1 aromatic heterocycles. The molecule has 0 fully saturated rings. The summed E-state index contributed by atoms with van der Waals surface area (Å²) in [5, 5.41) is 2.70. The largest absolute Gasteiger partial charge is 0.352 e. The Morgan fingerprint density at radius 3 is 2.72 bits per heavy atom. The molecular weight excluding hydrogens is 228 g/mol. The first-order valence-electron chi connectivity index (χ1n) is 6.56. The van der Waals surface area contributed by atoms with Crippen LogP contribution in [0, 0.1) is 6.92 Å². The van der Waals surface area contributed by atoms with Crippen molar-refractivity contribution in [3.8, 4) is 0 Å². The second kappa shape index (κ2) is 6.38. The summed E-state index contributed by atoms with van der Waals surface area (Å²) in [6.45, 7) is 8.75. The number of aryl methyl sites for hydroxylation is 1. The number of pyridine rings is 1. The zero-order valence-corrected chi connectivity index (χ0v) is 11.7. The van der Waals surface area contributed by atoms with Crippen molar-refractivity contribution in [2.24, 2.45) is 0 Å². The van der Waals surface area contributed by atoms with Gasteiger partial charge >= 0.3 is 0 Å². The van der Waals surface area contributed by atoms with Crippen molar-refractivity contribution in [2.75, 3.05) is 0 Å². The van der Waals surface area contributed by atoms with Gasteiger partial charge in [-0.05, 0) is 19.8 Å². The van der Waals surface area contributed by atoms with E-state index in [1.54, 1.807) is 6.07 Å². The number of aromatic nitrogens is 1. The van der Waals surface area contributed by atoms with Crippen LogP contribution in [0.25, 0.3) is 0 Å². The summed E-state index contributed by atoms with van der Waals surface area (Å²) in [7, 11) is 0. The molecule has 0 aliphatic carbocycles. The Balaban J connectivity index is 0.000000771. The zero-order valence-electron chi connectivity index (χ0n) is 11.7. The third-order valence-electron chi connectivity index (χ3n) is 3.05. The van der Waals surface area contributed by atoms with Gasteiger partial charge in [0.2, 0.25) is 5.91 Å². The SMILES string of the molecule is CC.CC(=O)NCc1c2n(c(C)cc1=O)CCC2. The van der Waals surface area contributed by atoms with Crippen molar-refractivity contribution in [1.82, 2.24) is 9.88 Å². The number of nitrogens with zero attached hydrogens (tertiary/aromatic N) is 1. The van der Waals surface area contributed by atoms with Crippen molar-refractivity contribution in [3.63, 3.8) is 0 Å². The van der Waals surface area contributed by atoms with Gasteiger partial charge in [-0.25, -0.2) is 0 Å². The third kappa shape index (κ3) is 3.00. The minimum atomic E-state index is -0.100. The molecule has 0 saturated carbocycles. The molecule has 2 rings (SSSR count). The fraction of sp³-hybridized carbons (Fsp3) is 0.571. The highest BCUT2D eigenvalue weighted by Gasteiger charge is 2.17. The molecule has 0 bridgehead atoms. The normalized spacial score (nSPS) is 12.4. The molecule has 0 radical (unpaired) electrons. The lowest BCUT2D eigenvalue weighted by Crippen LogP contribution is -2.26. The Kier molecular flexibility index (Phi) is 5.13. The van der Waals surface area contributed by atoms with E-state index >= 15 is 0 Å². The highest BCUT2D eigenvalue weighted by Crippen LogP contribution is 2.18. The maximum atomic E-state index is 11.8. The van der Waals surface area contributed by atoms with Crippen LogP contribution in [0.15, 0.2) is 10.9 Å². The summed E-state index contributed by atoms with van der Waals surface area (Å²) in [6.07, 6.45) is 2.02. The van der Waals surface area contributed by atoms with Crippen LogP contribution >= 0.6 is 0 Å². The van der Waals surface area contributed by atoms with Crippen LogP contribution in [-0.2, 0) is 24.3 Å². The van der Waals surface area contributed by atoms with E-state index in [1.165, 1.54) is 6.92 Å². The second-order valence-electron chi connectivity index (χ2n) is 4.24. The van der Waals surface area contributed by atoms with Gasteiger partial charge in [0, 0.05) is 43.0 Å². The van der Waals surface area contributed by atoms with E-state index in [1.807, 2.05) is 20.8 Å². The van der Waals surface area contributed by atoms with Gasteiger partial charge in [0.1, 0.15) is 0 Å². The number of hydrogen-bond acceptors (Lipinski definition) is 2. The Hall–Kier alpha value is -1.58. The van der Waals surface area contributed by atoms with E-state index < -0.39 is 0 Å². The summed E-state index contributed by atoms with van der Waals surface area (Å²) >= 11 is 0. The average Bonchev–Trinajstić information content (AvgIpc) is 2.80. The smallest absolute Gasteiger partial charge is 0.217 e. The van der Waals surface area contributed by atoms with Gasteiger partial charge < -0.3 is 9.88 Å². The predicted molar refractivity (Wildman–Crippen MR) is 72.6 cm³/mol. The van der Waals surface area contributed by atoms with Gasteiger partial charge in [-0.3, -0.25) is 9.59 Å². The van der Waals surface area contributed by atoms with Crippen molar-refractivity contribution in [2.45, 2.75) is 53.6 Å². The van der Waals surface area contributed by atoms with Crippen molar-refractivity contribution >= 4 is 5.91 Å². The quantitative estimate of drug-likeness (QED) is 0.869.